The smallest absolute Gasteiger partial charge is 0.291 e. The van der Waals surface area contributed by atoms with E-state index in [0.29, 0.717) is 24.4 Å². The molecule has 0 fully saturated rings. The Labute approximate surface area is 180 Å². The summed E-state index contributed by atoms with van der Waals surface area (Å²) in [5, 5.41) is 5.52. The third-order valence-electron chi connectivity index (χ3n) is 4.41. The van der Waals surface area contributed by atoms with Crippen LogP contribution in [0.1, 0.15) is 16.1 Å². The third-order valence-corrected chi connectivity index (χ3v) is 4.41. The number of rotatable bonds is 10. The van der Waals surface area contributed by atoms with E-state index in [0.717, 1.165) is 17.1 Å². The molecule has 3 rings (SSSR count). The van der Waals surface area contributed by atoms with Gasteiger partial charge in [-0.05, 0) is 54.4 Å². The molecule has 2 amide bonds. The molecule has 8 heteroatoms. The van der Waals surface area contributed by atoms with Crippen LogP contribution in [0, 0.1) is 0 Å². The number of anilines is 1. The van der Waals surface area contributed by atoms with Crippen molar-refractivity contribution in [3.8, 4) is 17.2 Å². The first-order valence-electron chi connectivity index (χ1n) is 9.64. The molecular weight excluding hydrogens is 400 g/mol. The van der Waals surface area contributed by atoms with Gasteiger partial charge in [0.25, 0.3) is 11.8 Å². The van der Waals surface area contributed by atoms with Crippen LogP contribution < -0.4 is 24.8 Å². The lowest BCUT2D eigenvalue weighted by Gasteiger charge is -2.12. The van der Waals surface area contributed by atoms with Crippen LogP contribution >= 0.6 is 0 Å². The van der Waals surface area contributed by atoms with Gasteiger partial charge >= 0.3 is 0 Å². The number of ether oxygens (including phenoxy) is 3. The van der Waals surface area contributed by atoms with Crippen molar-refractivity contribution in [3.05, 3.63) is 72.2 Å². The molecule has 0 saturated carbocycles. The predicted molar refractivity (Wildman–Crippen MR) is 115 cm³/mol. The molecule has 0 aliphatic rings. The summed E-state index contributed by atoms with van der Waals surface area (Å²) in [5.74, 6) is 1.50. The van der Waals surface area contributed by atoms with Crippen LogP contribution in [0.3, 0.4) is 0 Å². The molecule has 3 aromatic rings. The SMILES string of the molecule is COc1ccc(OC)c(CCNC(=O)COc2cccc(NC(=O)c3ccco3)c2)c1. The van der Waals surface area contributed by atoms with E-state index >= 15 is 0 Å². The standard InChI is InChI=1S/C23H24N2O6/c1-28-18-8-9-20(29-2)16(13-18)10-11-24-22(26)15-31-19-6-3-5-17(14-19)25-23(27)21-7-4-12-30-21/h3-9,12-14H,10-11,15H2,1-2H3,(H,24,26)(H,25,27). The Morgan fingerprint density at radius 2 is 1.84 bits per heavy atom. The minimum Gasteiger partial charge on any atom is -0.497 e. The molecule has 162 valence electrons. The van der Waals surface area contributed by atoms with Gasteiger partial charge in [-0.3, -0.25) is 9.59 Å². The lowest BCUT2D eigenvalue weighted by atomic mass is 10.1. The Morgan fingerprint density at radius 3 is 2.58 bits per heavy atom. The third kappa shape index (κ3) is 6.27. The zero-order valence-electron chi connectivity index (χ0n) is 17.3. The van der Waals surface area contributed by atoms with Gasteiger partial charge in [-0.15, -0.1) is 0 Å². The maximum absolute atomic E-state index is 12.1. The average Bonchev–Trinajstić information content (AvgIpc) is 3.33. The summed E-state index contributed by atoms with van der Waals surface area (Å²) in [6.07, 6.45) is 2.01. The highest BCUT2D eigenvalue weighted by atomic mass is 16.5. The highest BCUT2D eigenvalue weighted by Gasteiger charge is 2.10. The quantitative estimate of drug-likeness (QED) is 0.518. The van der Waals surface area contributed by atoms with Gasteiger partial charge in [-0.25, -0.2) is 0 Å². The largest absolute Gasteiger partial charge is 0.497 e. The number of hydrogen-bond acceptors (Lipinski definition) is 6. The normalized spacial score (nSPS) is 10.3. The van der Waals surface area contributed by atoms with Crippen molar-refractivity contribution in [2.24, 2.45) is 0 Å². The van der Waals surface area contributed by atoms with E-state index in [1.165, 1.54) is 6.26 Å². The summed E-state index contributed by atoms with van der Waals surface area (Å²) >= 11 is 0. The fourth-order valence-corrected chi connectivity index (χ4v) is 2.88. The molecule has 0 saturated heterocycles. The molecule has 2 aromatic carbocycles. The number of benzene rings is 2. The summed E-state index contributed by atoms with van der Waals surface area (Å²) in [7, 11) is 3.20. The average molecular weight is 424 g/mol. The second-order valence-corrected chi connectivity index (χ2v) is 6.53. The highest BCUT2D eigenvalue weighted by Crippen LogP contribution is 2.24. The van der Waals surface area contributed by atoms with Crippen LogP contribution in [-0.4, -0.2) is 39.2 Å². The summed E-state index contributed by atoms with van der Waals surface area (Å²) in [4.78, 5) is 24.2. The van der Waals surface area contributed by atoms with E-state index in [1.54, 1.807) is 50.6 Å². The molecular formula is C23H24N2O6. The maximum atomic E-state index is 12.1. The van der Waals surface area contributed by atoms with Crippen molar-refractivity contribution in [2.75, 3.05) is 32.7 Å². The Bertz CT molecular complexity index is 1020. The van der Waals surface area contributed by atoms with Crippen LogP contribution in [0.25, 0.3) is 0 Å². The lowest BCUT2D eigenvalue weighted by Crippen LogP contribution is -2.30. The van der Waals surface area contributed by atoms with Crippen LogP contribution in [0.15, 0.2) is 65.3 Å². The van der Waals surface area contributed by atoms with Gasteiger partial charge in [0.1, 0.15) is 17.2 Å². The van der Waals surface area contributed by atoms with Gasteiger partial charge in [0.15, 0.2) is 12.4 Å². The molecule has 0 aliphatic heterocycles. The van der Waals surface area contributed by atoms with Crippen LogP contribution in [0.4, 0.5) is 5.69 Å². The minimum atomic E-state index is -0.368. The van der Waals surface area contributed by atoms with Gasteiger partial charge in [0, 0.05) is 18.3 Å². The van der Waals surface area contributed by atoms with Crippen molar-refractivity contribution in [1.82, 2.24) is 5.32 Å². The van der Waals surface area contributed by atoms with Crippen molar-refractivity contribution < 1.29 is 28.2 Å². The van der Waals surface area contributed by atoms with Gasteiger partial charge in [0.05, 0.1) is 20.5 Å². The molecule has 1 aromatic heterocycles. The van der Waals surface area contributed by atoms with E-state index in [4.69, 9.17) is 18.6 Å². The number of carbonyl (C=O) groups excluding carboxylic acids is 2. The summed E-state index contributed by atoms with van der Waals surface area (Å²) in [6, 6.07) is 15.5. The summed E-state index contributed by atoms with van der Waals surface area (Å²) in [5.41, 5.74) is 1.47. The van der Waals surface area contributed by atoms with Gasteiger partial charge in [-0.2, -0.15) is 0 Å². The Kier molecular flexibility index (Phi) is 7.53. The second-order valence-electron chi connectivity index (χ2n) is 6.53. The topological polar surface area (TPSA) is 99.0 Å². The van der Waals surface area contributed by atoms with Crippen molar-refractivity contribution in [1.29, 1.82) is 0 Å². The fourth-order valence-electron chi connectivity index (χ4n) is 2.88. The second kappa shape index (κ2) is 10.7. The summed E-state index contributed by atoms with van der Waals surface area (Å²) in [6.45, 7) is 0.274. The first kappa shape index (κ1) is 21.8. The molecule has 0 atom stereocenters. The molecule has 0 spiro atoms. The molecule has 2 N–H and O–H groups in total. The van der Waals surface area contributed by atoms with E-state index in [2.05, 4.69) is 10.6 Å². The molecule has 0 bridgehead atoms. The number of hydrogen-bond donors (Lipinski definition) is 2. The minimum absolute atomic E-state index is 0.148. The van der Waals surface area contributed by atoms with Crippen molar-refractivity contribution in [3.63, 3.8) is 0 Å². The van der Waals surface area contributed by atoms with Gasteiger partial charge < -0.3 is 29.3 Å². The van der Waals surface area contributed by atoms with Gasteiger partial charge in [0.2, 0.25) is 0 Å². The number of methoxy groups -OCH3 is 2. The highest BCUT2D eigenvalue weighted by molar-refractivity contribution is 6.02. The monoisotopic (exact) mass is 424 g/mol. The van der Waals surface area contributed by atoms with E-state index in [9.17, 15) is 9.59 Å². The Hall–Kier alpha value is -3.94. The number of nitrogens with one attached hydrogen (secondary N) is 2. The number of amides is 2. The van der Waals surface area contributed by atoms with Crippen LogP contribution in [-0.2, 0) is 11.2 Å². The molecule has 1 heterocycles. The fraction of sp³-hybridized carbons (Fsp3) is 0.217. The van der Waals surface area contributed by atoms with Gasteiger partial charge in [-0.1, -0.05) is 6.07 Å². The van der Waals surface area contributed by atoms with Crippen molar-refractivity contribution in [2.45, 2.75) is 6.42 Å². The Morgan fingerprint density at radius 1 is 0.968 bits per heavy atom. The zero-order chi connectivity index (χ0) is 22.1. The van der Waals surface area contributed by atoms with E-state index in [-0.39, 0.29) is 24.2 Å². The molecule has 0 aliphatic carbocycles. The number of carbonyl (C=O) groups is 2. The molecule has 0 unspecified atom stereocenters. The molecule has 31 heavy (non-hydrogen) atoms. The van der Waals surface area contributed by atoms with E-state index in [1.807, 2.05) is 18.2 Å². The maximum Gasteiger partial charge on any atom is 0.291 e. The Balaban J connectivity index is 1.46. The van der Waals surface area contributed by atoms with E-state index < -0.39 is 0 Å². The van der Waals surface area contributed by atoms with Crippen LogP contribution in [0.2, 0.25) is 0 Å². The predicted octanol–water partition coefficient (Wildman–Crippen LogP) is 3.29. The van der Waals surface area contributed by atoms with Crippen molar-refractivity contribution >= 4 is 17.5 Å². The lowest BCUT2D eigenvalue weighted by molar-refractivity contribution is -0.123. The summed E-state index contributed by atoms with van der Waals surface area (Å²) < 4.78 is 21.2. The molecule has 8 nitrogen and oxygen atoms in total. The number of furan rings is 1. The molecule has 0 radical (unpaired) electrons. The van der Waals surface area contributed by atoms with Crippen LogP contribution in [0.5, 0.6) is 17.2 Å². The first-order valence-corrected chi connectivity index (χ1v) is 9.64. The zero-order valence-corrected chi connectivity index (χ0v) is 17.3. The first-order chi connectivity index (χ1) is 15.1.